The molecule has 0 radical (unpaired) electrons. The minimum atomic E-state index is -0.111. The van der Waals surface area contributed by atoms with Crippen molar-refractivity contribution < 1.29 is 4.79 Å². The minimum absolute atomic E-state index is 0.111. The van der Waals surface area contributed by atoms with Crippen molar-refractivity contribution in [3.8, 4) is 6.07 Å². The van der Waals surface area contributed by atoms with Crippen LogP contribution in [-0.2, 0) is 0 Å². The number of amides is 1. The van der Waals surface area contributed by atoms with Crippen LogP contribution < -0.4 is 15.5 Å². The summed E-state index contributed by atoms with van der Waals surface area (Å²) in [5.74, 6) is 0.781. The summed E-state index contributed by atoms with van der Waals surface area (Å²) >= 11 is 0. The Kier molecular flexibility index (Phi) is 6.03. The van der Waals surface area contributed by atoms with E-state index in [0.29, 0.717) is 17.2 Å². The van der Waals surface area contributed by atoms with Crippen molar-refractivity contribution in [3.63, 3.8) is 0 Å². The zero-order chi connectivity index (χ0) is 21.8. The monoisotopic (exact) mass is 413 g/mol. The summed E-state index contributed by atoms with van der Waals surface area (Å²) in [6.07, 6.45) is 3.76. The fourth-order valence-corrected chi connectivity index (χ4v) is 4.19. The van der Waals surface area contributed by atoms with Gasteiger partial charge < -0.3 is 15.5 Å². The van der Waals surface area contributed by atoms with E-state index in [1.54, 1.807) is 24.3 Å². The predicted molar refractivity (Wildman–Crippen MR) is 124 cm³/mol. The Bertz CT molecular complexity index is 1130. The van der Waals surface area contributed by atoms with E-state index in [1.165, 1.54) is 0 Å². The van der Waals surface area contributed by atoms with Gasteiger partial charge in [0.2, 0.25) is 0 Å². The number of rotatable bonds is 5. The van der Waals surface area contributed by atoms with Crippen LogP contribution in [0.5, 0.6) is 0 Å². The molecule has 0 unspecified atom stereocenters. The number of hydrogen-bond acceptors (Lipinski definition) is 5. The Morgan fingerprint density at radius 3 is 2.52 bits per heavy atom. The number of aromatic nitrogens is 1. The zero-order valence-electron chi connectivity index (χ0n) is 17.9. The lowest BCUT2D eigenvalue weighted by atomic mass is 9.91. The van der Waals surface area contributed by atoms with Crippen LogP contribution in [0.1, 0.15) is 41.6 Å². The second-order valence-electron chi connectivity index (χ2n) is 8.30. The molecule has 0 aliphatic heterocycles. The van der Waals surface area contributed by atoms with Gasteiger partial charge in [-0.2, -0.15) is 5.26 Å². The van der Waals surface area contributed by atoms with E-state index >= 15 is 0 Å². The second-order valence-corrected chi connectivity index (χ2v) is 8.30. The molecule has 1 aliphatic carbocycles. The van der Waals surface area contributed by atoms with Gasteiger partial charge in [0, 0.05) is 48.9 Å². The number of carbonyl (C=O) groups excluding carboxylic acids is 1. The lowest BCUT2D eigenvalue weighted by Gasteiger charge is -2.30. The molecule has 1 fully saturated rings. The van der Waals surface area contributed by atoms with Crippen molar-refractivity contribution in [3.05, 3.63) is 65.7 Å². The smallest absolute Gasteiger partial charge is 0.251 e. The van der Waals surface area contributed by atoms with E-state index in [0.717, 1.165) is 48.1 Å². The molecule has 1 amide bonds. The third-order valence-electron chi connectivity index (χ3n) is 5.84. The topological polar surface area (TPSA) is 81.0 Å². The third kappa shape index (κ3) is 4.77. The van der Waals surface area contributed by atoms with Crippen molar-refractivity contribution in [2.45, 2.75) is 37.8 Å². The number of pyridine rings is 1. The van der Waals surface area contributed by atoms with Gasteiger partial charge in [0.15, 0.2) is 0 Å². The Labute approximate surface area is 182 Å². The van der Waals surface area contributed by atoms with Gasteiger partial charge in [-0.15, -0.1) is 0 Å². The Hall–Kier alpha value is -3.59. The molecule has 1 saturated carbocycles. The summed E-state index contributed by atoms with van der Waals surface area (Å²) < 4.78 is 0. The molecule has 4 rings (SSSR count). The number of fused-ring (bicyclic) bond motifs is 1. The molecule has 158 valence electrons. The molecule has 6 heteroatoms. The van der Waals surface area contributed by atoms with E-state index < -0.39 is 0 Å². The lowest BCUT2D eigenvalue weighted by molar-refractivity contribution is 0.0926. The van der Waals surface area contributed by atoms with Crippen LogP contribution in [0.15, 0.2) is 54.6 Å². The molecule has 3 aromatic rings. The summed E-state index contributed by atoms with van der Waals surface area (Å²) in [6, 6.07) is 19.7. The molecule has 0 spiro atoms. The summed E-state index contributed by atoms with van der Waals surface area (Å²) in [6.45, 7) is 0. The number of nitrogens with one attached hydrogen (secondary N) is 2. The normalized spacial score (nSPS) is 18.2. The highest BCUT2D eigenvalue weighted by Crippen LogP contribution is 2.29. The van der Waals surface area contributed by atoms with Crippen LogP contribution in [0.3, 0.4) is 0 Å². The van der Waals surface area contributed by atoms with Gasteiger partial charge in [-0.05, 0) is 49.9 Å². The molecular weight excluding hydrogens is 386 g/mol. The van der Waals surface area contributed by atoms with Gasteiger partial charge in [-0.3, -0.25) is 4.79 Å². The van der Waals surface area contributed by atoms with Gasteiger partial charge in [-0.1, -0.05) is 24.3 Å². The molecule has 31 heavy (non-hydrogen) atoms. The van der Waals surface area contributed by atoms with E-state index in [9.17, 15) is 4.79 Å². The molecule has 1 heterocycles. The van der Waals surface area contributed by atoms with E-state index in [4.69, 9.17) is 10.2 Å². The highest BCUT2D eigenvalue weighted by molar-refractivity contribution is 5.95. The second kappa shape index (κ2) is 9.05. The first-order chi connectivity index (χ1) is 15.0. The average molecular weight is 414 g/mol. The van der Waals surface area contributed by atoms with Crippen LogP contribution in [0, 0.1) is 11.3 Å². The molecular formula is C25H27N5O. The fourth-order valence-electron chi connectivity index (χ4n) is 4.19. The largest absolute Gasteiger partial charge is 0.377 e. The van der Waals surface area contributed by atoms with Crippen LogP contribution in [-0.4, -0.2) is 37.1 Å². The quantitative estimate of drug-likeness (QED) is 0.651. The number of hydrogen-bond donors (Lipinski definition) is 2. The highest BCUT2D eigenvalue weighted by Gasteiger charge is 2.23. The summed E-state index contributed by atoms with van der Waals surface area (Å²) in [5, 5.41) is 16.9. The number of nitrogens with zero attached hydrogens (tertiary/aromatic N) is 3. The zero-order valence-corrected chi connectivity index (χ0v) is 17.9. The standard InChI is InChI=1S/C25H27N5O/c1-30(2)23-15-24(29-22-9-4-3-8-21(22)23)27-19-10-12-20(13-11-19)28-25(31)18-7-5-6-17(14-18)16-26/h3-9,14-15,19-20H,10-13H2,1-2H3,(H,27,29)(H,28,31)/t19-,20+. The van der Waals surface area contributed by atoms with E-state index in [1.807, 2.05) is 32.3 Å². The van der Waals surface area contributed by atoms with Crippen LogP contribution in [0.2, 0.25) is 0 Å². The predicted octanol–water partition coefficient (Wildman–Crippen LogP) is 4.33. The number of nitriles is 1. The lowest BCUT2D eigenvalue weighted by Crippen LogP contribution is -2.40. The Morgan fingerprint density at radius 2 is 1.77 bits per heavy atom. The maximum Gasteiger partial charge on any atom is 0.251 e. The molecule has 0 atom stereocenters. The first kappa shape index (κ1) is 20.7. The number of para-hydroxylation sites is 1. The first-order valence-electron chi connectivity index (χ1n) is 10.7. The number of anilines is 2. The van der Waals surface area contributed by atoms with Crippen LogP contribution in [0.4, 0.5) is 11.5 Å². The van der Waals surface area contributed by atoms with Gasteiger partial charge in [0.1, 0.15) is 5.82 Å². The van der Waals surface area contributed by atoms with Gasteiger partial charge in [0.25, 0.3) is 5.91 Å². The van der Waals surface area contributed by atoms with Crippen molar-refractivity contribution in [1.82, 2.24) is 10.3 Å². The minimum Gasteiger partial charge on any atom is -0.377 e. The maximum absolute atomic E-state index is 12.5. The summed E-state index contributed by atoms with van der Waals surface area (Å²) in [7, 11) is 4.09. The van der Waals surface area contributed by atoms with Crippen molar-refractivity contribution in [2.75, 3.05) is 24.3 Å². The van der Waals surface area contributed by atoms with Crippen molar-refractivity contribution in [2.24, 2.45) is 0 Å². The maximum atomic E-state index is 12.5. The van der Waals surface area contributed by atoms with Crippen LogP contribution >= 0.6 is 0 Å². The van der Waals surface area contributed by atoms with Gasteiger partial charge in [-0.25, -0.2) is 4.98 Å². The molecule has 2 aromatic carbocycles. The third-order valence-corrected chi connectivity index (χ3v) is 5.84. The number of benzene rings is 2. The molecule has 1 aromatic heterocycles. The SMILES string of the molecule is CN(C)c1cc(N[C@H]2CC[C@@H](NC(=O)c3cccc(C#N)c3)CC2)nc2ccccc12. The van der Waals surface area contributed by atoms with Gasteiger partial charge >= 0.3 is 0 Å². The molecule has 0 bridgehead atoms. The fraction of sp³-hybridized carbons (Fsp3) is 0.320. The van der Waals surface area contributed by atoms with Crippen molar-refractivity contribution >= 4 is 28.3 Å². The first-order valence-corrected chi connectivity index (χ1v) is 10.7. The van der Waals surface area contributed by atoms with E-state index in [2.05, 4.69) is 33.7 Å². The number of carbonyl (C=O) groups is 1. The summed E-state index contributed by atoms with van der Waals surface area (Å²) in [4.78, 5) is 19.4. The van der Waals surface area contributed by atoms with Gasteiger partial charge in [0.05, 0.1) is 17.1 Å². The van der Waals surface area contributed by atoms with E-state index in [-0.39, 0.29) is 11.9 Å². The molecule has 1 aliphatic rings. The summed E-state index contributed by atoms with van der Waals surface area (Å²) in [5.41, 5.74) is 3.17. The molecule has 6 nitrogen and oxygen atoms in total. The highest BCUT2D eigenvalue weighted by atomic mass is 16.1. The average Bonchev–Trinajstić information content (AvgIpc) is 2.79. The van der Waals surface area contributed by atoms with Crippen molar-refractivity contribution in [1.29, 1.82) is 5.26 Å². The molecule has 0 saturated heterocycles. The Balaban J connectivity index is 1.37. The van der Waals surface area contributed by atoms with Crippen LogP contribution in [0.25, 0.3) is 10.9 Å². The molecule has 2 N–H and O–H groups in total. The Morgan fingerprint density at radius 1 is 1.03 bits per heavy atom.